The van der Waals surface area contributed by atoms with Crippen molar-refractivity contribution < 1.29 is 14.1 Å². The molecule has 0 radical (unpaired) electrons. The zero-order chi connectivity index (χ0) is 24.1. The summed E-state index contributed by atoms with van der Waals surface area (Å²) in [6, 6.07) is 10.9. The molecule has 0 saturated carbocycles. The van der Waals surface area contributed by atoms with Gasteiger partial charge < -0.3 is 10.4 Å². The summed E-state index contributed by atoms with van der Waals surface area (Å²) in [6.07, 6.45) is 7.60. The minimum absolute atomic E-state index is 0.483. The second-order valence-electron chi connectivity index (χ2n) is 9.70. The lowest BCUT2D eigenvalue weighted by atomic mass is 9.99. The quantitative estimate of drug-likeness (QED) is 0.532. The van der Waals surface area contributed by atoms with Gasteiger partial charge in [-0.25, -0.2) is 19.6 Å². The molecule has 180 valence electrons. The lowest BCUT2D eigenvalue weighted by Crippen LogP contribution is -2.46. The SMILES string of the molecule is CC(C)(O)C1=CC(S(N)(=O)=NC(=O)Nc2c3c(cc4c2CCC4)CCC3)NN1c1ccccc1. The lowest BCUT2D eigenvalue weighted by molar-refractivity contribution is 0.117. The first-order valence-corrected chi connectivity index (χ1v) is 13.3. The number of hydrogen-bond donors (Lipinski definition) is 4. The van der Waals surface area contributed by atoms with Gasteiger partial charge in [0.1, 0.15) is 20.9 Å². The molecule has 3 aliphatic rings. The number of anilines is 2. The van der Waals surface area contributed by atoms with Crippen molar-refractivity contribution >= 4 is 27.3 Å². The van der Waals surface area contributed by atoms with E-state index in [0.29, 0.717) is 5.70 Å². The van der Waals surface area contributed by atoms with E-state index in [0.717, 1.165) is 49.9 Å². The van der Waals surface area contributed by atoms with E-state index in [1.165, 1.54) is 22.3 Å². The molecule has 2 aliphatic carbocycles. The van der Waals surface area contributed by atoms with Crippen molar-refractivity contribution in [3.05, 3.63) is 70.4 Å². The molecule has 0 spiro atoms. The molecule has 0 bridgehead atoms. The number of aliphatic hydroxyl groups is 1. The largest absolute Gasteiger partial charge is 0.384 e. The van der Waals surface area contributed by atoms with Gasteiger partial charge in [-0.3, -0.25) is 5.01 Å². The minimum atomic E-state index is -3.52. The first-order valence-electron chi connectivity index (χ1n) is 11.7. The normalized spacial score (nSPS) is 21.0. The molecule has 0 saturated heterocycles. The molecule has 0 fully saturated rings. The molecule has 2 atom stereocenters. The van der Waals surface area contributed by atoms with Crippen LogP contribution in [0.15, 0.2) is 52.5 Å². The second-order valence-corrected chi connectivity index (χ2v) is 11.6. The number of nitrogens with two attached hydrogens (primary N) is 1. The molecule has 34 heavy (non-hydrogen) atoms. The van der Waals surface area contributed by atoms with Gasteiger partial charge in [0.25, 0.3) is 0 Å². The lowest BCUT2D eigenvalue weighted by Gasteiger charge is -2.30. The monoisotopic (exact) mass is 481 g/mol. The highest BCUT2D eigenvalue weighted by atomic mass is 32.2. The van der Waals surface area contributed by atoms with Crippen molar-refractivity contribution in [1.82, 2.24) is 5.43 Å². The summed E-state index contributed by atoms with van der Waals surface area (Å²) < 4.78 is 17.4. The zero-order valence-electron chi connectivity index (χ0n) is 19.5. The summed E-state index contributed by atoms with van der Waals surface area (Å²) in [7, 11) is -3.52. The molecule has 2 unspecified atom stereocenters. The number of nitrogens with zero attached hydrogens (tertiary/aromatic N) is 2. The van der Waals surface area contributed by atoms with Crippen LogP contribution < -0.4 is 20.9 Å². The Morgan fingerprint density at radius 2 is 1.76 bits per heavy atom. The van der Waals surface area contributed by atoms with E-state index >= 15 is 0 Å². The molecular formula is C25H31N5O3S. The fourth-order valence-electron chi connectivity index (χ4n) is 5.18. The molecule has 5 N–H and O–H groups in total. The third-order valence-corrected chi connectivity index (χ3v) is 8.16. The highest BCUT2D eigenvalue weighted by Crippen LogP contribution is 2.38. The predicted molar refractivity (Wildman–Crippen MR) is 134 cm³/mol. The van der Waals surface area contributed by atoms with Crippen LogP contribution in [0.1, 0.15) is 48.9 Å². The topological polar surface area (TPSA) is 120 Å². The van der Waals surface area contributed by atoms with Crippen LogP contribution in [0.2, 0.25) is 0 Å². The fraction of sp³-hybridized carbons (Fsp3) is 0.400. The molecule has 0 aromatic heterocycles. The van der Waals surface area contributed by atoms with Crippen LogP contribution in [-0.2, 0) is 35.6 Å². The summed E-state index contributed by atoms with van der Waals surface area (Å²) >= 11 is 0. The van der Waals surface area contributed by atoms with Crippen LogP contribution in [0.3, 0.4) is 0 Å². The molecule has 8 nitrogen and oxygen atoms in total. The summed E-state index contributed by atoms with van der Waals surface area (Å²) in [5.74, 6) is 0. The number of rotatable bonds is 4. The van der Waals surface area contributed by atoms with Crippen molar-refractivity contribution in [2.24, 2.45) is 9.50 Å². The summed E-state index contributed by atoms with van der Waals surface area (Å²) in [5.41, 5.74) is 8.82. The minimum Gasteiger partial charge on any atom is -0.384 e. The Morgan fingerprint density at radius 3 is 2.35 bits per heavy atom. The van der Waals surface area contributed by atoms with Gasteiger partial charge in [0.05, 0.1) is 11.4 Å². The van der Waals surface area contributed by atoms with E-state index in [-0.39, 0.29) is 0 Å². The Bertz CT molecular complexity index is 1260. The molecule has 1 aliphatic heterocycles. The highest BCUT2D eigenvalue weighted by molar-refractivity contribution is 7.92. The van der Waals surface area contributed by atoms with Crippen molar-refractivity contribution in [2.75, 3.05) is 10.3 Å². The van der Waals surface area contributed by atoms with Gasteiger partial charge in [0.15, 0.2) is 0 Å². The zero-order valence-corrected chi connectivity index (χ0v) is 20.3. The number of urea groups is 1. The molecule has 2 aromatic rings. The number of para-hydroxylation sites is 1. The van der Waals surface area contributed by atoms with Crippen LogP contribution >= 0.6 is 0 Å². The van der Waals surface area contributed by atoms with E-state index in [9.17, 15) is 14.1 Å². The summed E-state index contributed by atoms with van der Waals surface area (Å²) in [4.78, 5) is 13.0. The maximum atomic E-state index is 13.4. The number of carbonyl (C=O) groups is 1. The number of nitrogens with one attached hydrogen (secondary N) is 2. The Hall–Kier alpha value is -2.72. The standard InChI is InChI=1S/C25H31N5O3S/c1-25(2,32)21-15-22(28-30(21)18-10-4-3-5-11-18)34(26,33)29-24(31)27-23-19-12-6-8-16(19)14-17-9-7-13-20(17)23/h3-5,10-11,14-15,22,28,32H,6-9,12-13H2,1-2H3,(H3,26,27,29,31,33). The van der Waals surface area contributed by atoms with Gasteiger partial charge in [-0.2, -0.15) is 0 Å². The molecule has 1 heterocycles. The van der Waals surface area contributed by atoms with Crippen LogP contribution in [-0.4, -0.2) is 26.3 Å². The smallest absolute Gasteiger partial charge is 0.354 e. The summed E-state index contributed by atoms with van der Waals surface area (Å²) in [5, 5.41) is 20.4. The number of amides is 2. The number of benzene rings is 2. The van der Waals surface area contributed by atoms with Gasteiger partial charge >= 0.3 is 6.03 Å². The maximum Gasteiger partial charge on any atom is 0.354 e. The molecule has 2 amide bonds. The van der Waals surface area contributed by atoms with Crippen LogP contribution in [0, 0.1) is 0 Å². The highest BCUT2D eigenvalue weighted by Gasteiger charge is 2.37. The second kappa shape index (κ2) is 8.49. The van der Waals surface area contributed by atoms with E-state index in [2.05, 4.69) is 21.2 Å². The van der Waals surface area contributed by atoms with E-state index in [1.807, 2.05) is 30.3 Å². The molecule has 5 rings (SSSR count). The summed E-state index contributed by atoms with van der Waals surface area (Å²) in [6.45, 7) is 3.27. The average Bonchev–Trinajstić information content (AvgIpc) is 3.52. The predicted octanol–water partition coefficient (Wildman–Crippen LogP) is 3.54. The molecule has 9 heteroatoms. The van der Waals surface area contributed by atoms with Gasteiger partial charge in [0.2, 0.25) is 0 Å². The number of hydrogen-bond acceptors (Lipinski definition) is 5. The fourth-order valence-corrected chi connectivity index (χ4v) is 6.18. The third-order valence-electron chi connectivity index (χ3n) is 6.74. The van der Waals surface area contributed by atoms with Gasteiger partial charge in [-0.1, -0.05) is 24.3 Å². The molecule has 2 aromatic carbocycles. The first kappa shape index (κ1) is 23.0. The van der Waals surface area contributed by atoms with Crippen molar-refractivity contribution in [1.29, 1.82) is 0 Å². The third kappa shape index (κ3) is 4.24. The molecular weight excluding hydrogens is 450 g/mol. The maximum absolute atomic E-state index is 13.4. The number of hydrazine groups is 1. The number of aryl methyl sites for hydroxylation is 2. The van der Waals surface area contributed by atoms with Crippen molar-refractivity contribution in [3.63, 3.8) is 0 Å². The van der Waals surface area contributed by atoms with Crippen molar-refractivity contribution in [2.45, 2.75) is 63.3 Å². The van der Waals surface area contributed by atoms with E-state index < -0.39 is 26.9 Å². The number of fused-ring (bicyclic) bond motifs is 2. The Labute approximate surface area is 200 Å². The number of carbonyl (C=O) groups excluding carboxylic acids is 1. The van der Waals surface area contributed by atoms with Crippen LogP contribution in [0.25, 0.3) is 0 Å². The van der Waals surface area contributed by atoms with Crippen LogP contribution in [0.5, 0.6) is 0 Å². The van der Waals surface area contributed by atoms with E-state index in [4.69, 9.17) is 5.14 Å². The Kier molecular flexibility index (Phi) is 5.76. The van der Waals surface area contributed by atoms with Gasteiger partial charge in [0, 0.05) is 5.69 Å². The first-order chi connectivity index (χ1) is 16.1. The van der Waals surface area contributed by atoms with Gasteiger partial charge in [-0.15, -0.1) is 4.36 Å². The van der Waals surface area contributed by atoms with Gasteiger partial charge in [-0.05, 0) is 92.8 Å². The average molecular weight is 482 g/mol. The Morgan fingerprint density at radius 1 is 1.15 bits per heavy atom. The van der Waals surface area contributed by atoms with E-state index in [1.54, 1.807) is 24.9 Å². The van der Waals surface area contributed by atoms with Crippen LogP contribution in [0.4, 0.5) is 16.2 Å². The van der Waals surface area contributed by atoms with Crippen molar-refractivity contribution in [3.8, 4) is 0 Å². The Balaban J connectivity index is 1.44.